The first-order chi connectivity index (χ1) is 12.0. The molecule has 0 saturated carbocycles. The minimum Gasteiger partial charge on any atom is -0.376 e. The summed E-state index contributed by atoms with van der Waals surface area (Å²) >= 11 is 0. The number of nitrogens with one attached hydrogen (secondary N) is 2. The van der Waals surface area contributed by atoms with Crippen molar-refractivity contribution in [2.24, 2.45) is 5.73 Å². The quantitative estimate of drug-likeness (QED) is 0.643. The summed E-state index contributed by atoms with van der Waals surface area (Å²) < 4.78 is 5.72. The summed E-state index contributed by atoms with van der Waals surface area (Å²) in [5.74, 6) is -0.475. The number of urea groups is 1. The van der Waals surface area contributed by atoms with Crippen molar-refractivity contribution in [1.82, 2.24) is 5.32 Å². The number of hydrogen-bond donors (Lipinski definition) is 3. The number of rotatable bonds is 8. The highest BCUT2D eigenvalue weighted by molar-refractivity contribution is 5.97. The molecule has 2 rings (SSSR count). The predicted molar refractivity (Wildman–Crippen MR) is 97.1 cm³/mol. The lowest BCUT2D eigenvalue weighted by molar-refractivity contribution is -0.120. The summed E-state index contributed by atoms with van der Waals surface area (Å²) in [7, 11) is 0. The number of anilines is 1. The molecule has 0 aliphatic rings. The number of carbonyl (C=O) groups excluding carboxylic acids is 2. The summed E-state index contributed by atoms with van der Waals surface area (Å²) in [6.07, 6.45) is 0.864. The lowest BCUT2D eigenvalue weighted by Crippen LogP contribution is -2.43. The molecule has 132 valence electrons. The fourth-order valence-corrected chi connectivity index (χ4v) is 2.32. The van der Waals surface area contributed by atoms with E-state index in [1.165, 1.54) is 5.56 Å². The highest BCUT2D eigenvalue weighted by Gasteiger charge is 2.14. The minimum absolute atomic E-state index is 0.475. The molecule has 0 bridgehead atoms. The summed E-state index contributed by atoms with van der Waals surface area (Å²) in [4.78, 5) is 22.4. The molecule has 6 nitrogen and oxygen atoms in total. The normalized spacial score (nSPS) is 11.6. The Balaban J connectivity index is 1.80. The van der Waals surface area contributed by atoms with Gasteiger partial charge >= 0.3 is 6.03 Å². The van der Waals surface area contributed by atoms with Crippen molar-refractivity contribution in [3.8, 4) is 0 Å². The Kier molecular flexibility index (Phi) is 6.98. The van der Waals surface area contributed by atoms with Gasteiger partial charge in [-0.05, 0) is 36.6 Å². The van der Waals surface area contributed by atoms with Gasteiger partial charge in [-0.15, -0.1) is 0 Å². The van der Waals surface area contributed by atoms with Crippen molar-refractivity contribution >= 4 is 17.6 Å². The van der Waals surface area contributed by atoms with Crippen molar-refractivity contribution < 1.29 is 14.3 Å². The van der Waals surface area contributed by atoms with Gasteiger partial charge in [-0.2, -0.15) is 0 Å². The van der Waals surface area contributed by atoms with Gasteiger partial charge in [0.2, 0.25) is 5.91 Å². The summed E-state index contributed by atoms with van der Waals surface area (Å²) in [5, 5.41) is 5.08. The van der Waals surface area contributed by atoms with Crippen molar-refractivity contribution in [3.63, 3.8) is 0 Å². The van der Waals surface area contributed by atoms with E-state index in [9.17, 15) is 9.59 Å². The number of benzene rings is 2. The molecule has 3 amide bonds. The van der Waals surface area contributed by atoms with E-state index in [0.717, 1.165) is 17.7 Å². The first-order valence-electron chi connectivity index (χ1n) is 8.12. The van der Waals surface area contributed by atoms with E-state index in [0.29, 0.717) is 13.2 Å². The zero-order valence-corrected chi connectivity index (χ0v) is 14.2. The molecule has 0 unspecified atom stereocenters. The van der Waals surface area contributed by atoms with Crippen LogP contribution >= 0.6 is 0 Å². The van der Waals surface area contributed by atoms with E-state index in [2.05, 4.69) is 17.4 Å². The van der Waals surface area contributed by atoms with E-state index in [4.69, 9.17) is 10.5 Å². The molecule has 6 heteroatoms. The average Bonchev–Trinajstić information content (AvgIpc) is 2.59. The zero-order chi connectivity index (χ0) is 18.1. The number of amides is 3. The Morgan fingerprint density at radius 2 is 1.80 bits per heavy atom. The predicted octanol–water partition coefficient (Wildman–Crippen LogP) is 2.44. The molecular weight excluding hydrogens is 318 g/mol. The Morgan fingerprint density at radius 1 is 1.08 bits per heavy atom. The minimum atomic E-state index is -0.862. The van der Waals surface area contributed by atoms with Crippen LogP contribution in [0, 0.1) is 0 Å². The Bertz CT molecular complexity index is 704. The highest BCUT2D eigenvalue weighted by Crippen LogP contribution is 2.13. The molecular formula is C19H23N3O3. The van der Waals surface area contributed by atoms with E-state index >= 15 is 0 Å². The second-order valence-corrected chi connectivity index (χ2v) is 5.71. The standard InChI is InChI=1S/C19H23N3O3/c1-14(18(23)22-19(20)24)21-17-9-5-8-16(12-17)13-25-11-10-15-6-3-2-4-7-15/h2-9,12,14,21H,10-11,13H2,1H3,(H3,20,22,23,24)/t14-/m1/s1. The number of ether oxygens (including phenoxy) is 1. The van der Waals surface area contributed by atoms with Crippen LogP contribution in [0.1, 0.15) is 18.1 Å². The van der Waals surface area contributed by atoms with Crippen LogP contribution in [0.3, 0.4) is 0 Å². The monoisotopic (exact) mass is 341 g/mol. The molecule has 0 aliphatic carbocycles. The third-order valence-electron chi connectivity index (χ3n) is 3.60. The number of nitrogens with two attached hydrogens (primary N) is 1. The van der Waals surface area contributed by atoms with Crippen LogP contribution in [-0.4, -0.2) is 24.6 Å². The fourth-order valence-electron chi connectivity index (χ4n) is 2.32. The van der Waals surface area contributed by atoms with Crippen molar-refractivity contribution in [3.05, 3.63) is 65.7 Å². The molecule has 0 heterocycles. The summed E-state index contributed by atoms with van der Waals surface area (Å²) in [6.45, 7) is 2.78. The molecule has 1 atom stereocenters. The van der Waals surface area contributed by atoms with Crippen LogP contribution in [0.5, 0.6) is 0 Å². The van der Waals surface area contributed by atoms with E-state index in [1.54, 1.807) is 6.92 Å². The second-order valence-electron chi connectivity index (χ2n) is 5.71. The van der Waals surface area contributed by atoms with Crippen LogP contribution < -0.4 is 16.4 Å². The van der Waals surface area contributed by atoms with Gasteiger partial charge in [0.1, 0.15) is 6.04 Å². The van der Waals surface area contributed by atoms with Crippen LogP contribution in [0.15, 0.2) is 54.6 Å². The summed E-state index contributed by atoms with van der Waals surface area (Å²) in [5.41, 5.74) is 7.96. The third-order valence-corrected chi connectivity index (χ3v) is 3.60. The van der Waals surface area contributed by atoms with Crippen LogP contribution in [0.2, 0.25) is 0 Å². The van der Waals surface area contributed by atoms with Gasteiger partial charge in [-0.3, -0.25) is 10.1 Å². The Labute approximate surface area is 147 Å². The molecule has 0 saturated heterocycles. The van der Waals surface area contributed by atoms with Gasteiger partial charge in [0.25, 0.3) is 0 Å². The average molecular weight is 341 g/mol. The molecule has 2 aromatic carbocycles. The molecule has 0 aromatic heterocycles. The smallest absolute Gasteiger partial charge is 0.318 e. The van der Waals surface area contributed by atoms with E-state index in [-0.39, 0.29) is 0 Å². The zero-order valence-electron chi connectivity index (χ0n) is 14.2. The third kappa shape index (κ3) is 6.64. The van der Waals surface area contributed by atoms with Crippen molar-refractivity contribution in [1.29, 1.82) is 0 Å². The molecule has 0 spiro atoms. The van der Waals surface area contributed by atoms with Crippen LogP contribution in [-0.2, 0) is 22.6 Å². The van der Waals surface area contributed by atoms with Gasteiger partial charge in [-0.1, -0.05) is 42.5 Å². The van der Waals surface area contributed by atoms with Crippen molar-refractivity contribution in [2.75, 3.05) is 11.9 Å². The highest BCUT2D eigenvalue weighted by atomic mass is 16.5. The van der Waals surface area contributed by atoms with Crippen molar-refractivity contribution in [2.45, 2.75) is 26.0 Å². The van der Waals surface area contributed by atoms with E-state index in [1.807, 2.05) is 47.8 Å². The largest absolute Gasteiger partial charge is 0.376 e. The topological polar surface area (TPSA) is 93.4 Å². The van der Waals surface area contributed by atoms with Gasteiger partial charge in [0, 0.05) is 5.69 Å². The molecule has 25 heavy (non-hydrogen) atoms. The van der Waals surface area contributed by atoms with Gasteiger partial charge in [0.15, 0.2) is 0 Å². The van der Waals surface area contributed by atoms with Gasteiger partial charge in [-0.25, -0.2) is 4.79 Å². The molecule has 0 aliphatic heterocycles. The molecule has 4 N–H and O–H groups in total. The Hall–Kier alpha value is -2.86. The molecule has 2 aromatic rings. The first-order valence-corrected chi connectivity index (χ1v) is 8.12. The first kappa shape index (κ1) is 18.5. The SMILES string of the molecule is C[C@@H](Nc1cccc(COCCc2ccccc2)c1)C(=O)NC(N)=O. The lowest BCUT2D eigenvalue weighted by Gasteiger charge is -2.14. The lowest BCUT2D eigenvalue weighted by atomic mass is 10.1. The maximum absolute atomic E-state index is 11.7. The maximum atomic E-state index is 11.7. The van der Waals surface area contributed by atoms with Gasteiger partial charge < -0.3 is 15.8 Å². The molecule has 0 radical (unpaired) electrons. The van der Waals surface area contributed by atoms with Crippen LogP contribution in [0.4, 0.5) is 10.5 Å². The maximum Gasteiger partial charge on any atom is 0.318 e. The fraction of sp³-hybridized carbons (Fsp3) is 0.263. The Morgan fingerprint density at radius 3 is 2.52 bits per heavy atom. The summed E-state index contributed by atoms with van der Waals surface area (Å²) in [6, 6.07) is 16.3. The number of imide groups is 1. The number of hydrogen-bond acceptors (Lipinski definition) is 4. The van der Waals surface area contributed by atoms with E-state index < -0.39 is 18.0 Å². The van der Waals surface area contributed by atoms with Gasteiger partial charge in [0.05, 0.1) is 13.2 Å². The van der Waals surface area contributed by atoms with Crippen LogP contribution in [0.25, 0.3) is 0 Å². The number of primary amides is 1. The molecule has 0 fully saturated rings. The second kappa shape index (κ2) is 9.44. The number of carbonyl (C=O) groups is 2.